The van der Waals surface area contributed by atoms with E-state index in [9.17, 15) is 13.2 Å². The van der Waals surface area contributed by atoms with Gasteiger partial charge in [0.15, 0.2) is 0 Å². The minimum Gasteiger partial charge on any atom is -0.325 e. The first-order valence-electron chi connectivity index (χ1n) is 10.9. The highest BCUT2D eigenvalue weighted by Gasteiger charge is 2.30. The Bertz CT molecular complexity index is 1170. The summed E-state index contributed by atoms with van der Waals surface area (Å²) in [5.41, 5.74) is 1.48. The first-order chi connectivity index (χ1) is 15.4. The van der Waals surface area contributed by atoms with Crippen molar-refractivity contribution in [3.8, 4) is 0 Å². The van der Waals surface area contributed by atoms with Crippen molar-refractivity contribution >= 4 is 43.2 Å². The number of sulfonamides is 1. The van der Waals surface area contributed by atoms with Gasteiger partial charge in [-0.15, -0.1) is 11.3 Å². The van der Waals surface area contributed by atoms with E-state index in [1.54, 1.807) is 29.5 Å². The van der Waals surface area contributed by atoms with Crippen LogP contribution in [0, 0.1) is 0 Å². The molecule has 0 bridgehead atoms. The van der Waals surface area contributed by atoms with E-state index in [0.29, 0.717) is 18.8 Å². The zero-order chi connectivity index (χ0) is 22.7. The van der Waals surface area contributed by atoms with Crippen LogP contribution in [0.1, 0.15) is 37.7 Å². The van der Waals surface area contributed by atoms with Gasteiger partial charge in [0.05, 0.1) is 27.7 Å². The molecule has 4 rings (SSSR count). The highest BCUT2D eigenvalue weighted by Crippen LogP contribution is 2.36. The van der Waals surface area contributed by atoms with Crippen molar-refractivity contribution in [3.63, 3.8) is 0 Å². The van der Waals surface area contributed by atoms with Gasteiger partial charge in [-0.1, -0.05) is 32.0 Å². The van der Waals surface area contributed by atoms with Crippen LogP contribution in [0.25, 0.3) is 10.2 Å². The van der Waals surface area contributed by atoms with Crippen molar-refractivity contribution in [2.24, 2.45) is 0 Å². The molecule has 0 radical (unpaired) electrons. The second kappa shape index (κ2) is 9.66. The lowest BCUT2D eigenvalue weighted by Gasteiger charge is -2.22. The van der Waals surface area contributed by atoms with Crippen LogP contribution in [-0.2, 0) is 14.8 Å². The fourth-order valence-electron chi connectivity index (χ4n) is 4.16. The summed E-state index contributed by atoms with van der Waals surface area (Å²) < 4.78 is 28.1. The zero-order valence-electron chi connectivity index (χ0n) is 18.3. The largest absolute Gasteiger partial charge is 0.325 e. The van der Waals surface area contributed by atoms with Crippen molar-refractivity contribution in [1.82, 2.24) is 14.2 Å². The maximum Gasteiger partial charge on any atom is 0.243 e. The van der Waals surface area contributed by atoms with Gasteiger partial charge in [0.2, 0.25) is 15.9 Å². The SMILES string of the molecule is CCN(CC)S(=O)(=O)c1cccc(NC(=O)CN2CCC[C@@H]2c2nc3ccccc3s2)c1. The van der Waals surface area contributed by atoms with Crippen LogP contribution in [0.3, 0.4) is 0 Å². The molecule has 9 heteroatoms. The van der Waals surface area contributed by atoms with Gasteiger partial charge in [0.1, 0.15) is 5.01 Å². The fourth-order valence-corrected chi connectivity index (χ4v) is 6.80. The van der Waals surface area contributed by atoms with Crippen LogP contribution in [0.4, 0.5) is 5.69 Å². The summed E-state index contributed by atoms with van der Waals surface area (Å²) >= 11 is 1.69. The van der Waals surface area contributed by atoms with Crippen molar-refractivity contribution in [2.45, 2.75) is 37.6 Å². The van der Waals surface area contributed by atoms with E-state index in [1.165, 1.54) is 10.4 Å². The average molecular weight is 473 g/mol. The topological polar surface area (TPSA) is 82.6 Å². The molecule has 0 aliphatic carbocycles. The molecule has 7 nitrogen and oxygen atoms in total. The van der Waals surface area contributed by atoms with Gasteiger partial charge in [0.25, 0.3) is 0 Å². The summed E-state index contributed by atoms with van der Waals surface area (Å²) in [5, 5.41) is 3.92. The van der Waals surface area contributed by atoms with Crippen LogP contribution >= 0.6 is 11.3 Å². The third kappa shape index (κ3) is 4.71. The molecule has 3 aromatic rings. The average Bonchev–Trinajstić information content (AvgIpc) is 3.41. The number of aromatic nitrogens is 1. The second-order valence-electron chi connectivity index (χ2n) is 7.81. The van der Waals surface area contributed by atoms with Crippen molar-refractivity contribution < 1.29 is 13.2 Å². The molecular formula is C23H28N4O3S2. The summed E-state index contributed by atoms with van der Waals surface area (Å²) in [6.07, 6.45) is 2.00. The Morgan fingerprint density at radius 3 is 2.72 bits per heavy atom. The molecule has 2 heterocycles. The monoisotopic (exact) mass is 472 g/mol. The van der Waals surface area contributed by atoms with E-state index in [4.69, 9.17) is 4.98 Å². The number of nitrogens with zero attached hydrogens (tertiary/aromatic N) is 3. The quantitative estimate of drug-likeness (QED) is 0.534. The van der Waals surface area contributed by atoms with Crippen molar-refractivity contribution in [3.05, 3.63) is 53.5 Å². The summed E-state index contributed by atoms with van der Waals surface area (Å²) in [5.74, 6) is -0.157. The number of anilines is 1. The predicted octanol–water partition coefficient (Wildman–Crippen LogP) is 4.10. The predicted molar refractivity (Wildman–Crippen MR) is 128 cm³/mol. The van der Waals surface area contributed by atoms with E-state index in [1.807, 2.05) is 32.0 Å². The number of thiazole rings is 1. The molecule has 1 aromatic heterocycles. The Morgan fingerprint density at radius 2 is 1.97 bits per heavy atom. The van der Waals surface area contributed by atoms with Crippen molar-refractivity contribution in [1.29, 1.82) is 0 Å². The fraction of sp³-hybridized carbons (Fsp3) is 0.391. The molecule has 0 saturated carbocycles. The number of para-hydroxylation sites is 1. The molecule has 2 aromatic carbocycles. The summed E-state index contributed by atoms with van der Waals surface area (Å²) in [4.78, 5) is 19.9. The normalized spacial score (nSPS) is 17.3. The molecule has 1 aliphatic rings. The number of amides is 1. The highest BCUT2D eigenvalue weighted by atomic mass is 32.2. The highest BCUT2D eigenvalue weighted by molar-refractivity contribution is 7.89. The number of rotatable bonds is 8. The molecule has 1 atom stereocenters. The molecule has 0 unspecified atom stereocenters. The van der Waals surface area contributed by atoms with Crippen molar-refractivity contribution in [2.75, 3.05) is 31.5 Å². The lowest BCUT2D eigenvalue weighted by Crippen LogP contribution is -2.33. The first-order valence-corrected chi connectivity index (χ1v) is 13.2. The molecule has 1 saturated heterocycles. The molecule has 1 fully saturated rings. The Kier molecular flexibility index (Phi) is 6.90. The number of hydrogen-bond donors (Lipinski definition) is 1. The molecule has 32 heavy (non-hydrogen) atoms. The molecule has 0 spiro atoms. The minimum atomic E-state index is -3.57. The van der Waals surface area contributed by atoms with Crippen LogP contribution in [-0.4, -0.2) is 54.7 Å². The number of carbonyl (C=O) groups excluding carboxylic acids is 1. The van der Waals surface area contributed by atoms with Gasteiger partial charge in [0, 0.05) is 18.8 Å². The number of likely N-dealkylation sites (tertiary alicyclic amines) is 1. The Morgan fingerprint density at radius 1 is 1.19 bits per heavy atom. The van der Waals surface area contributed by atoms with Crippen LogP contribution in [0.15, 0.2) is 53.4 Å². The first kappa shape index (κ1) is 22.8. The summed E-state index contributed by atoms with van der Waals surface area (Å²) in [6, 6.07) is 14.7. The zero-order valence-corrected chi connectivity index (χ0v) is 20.0. The number of benzene rings is 2. The van der Waals surface area contributed by atoms with E-state index in [2.05, 4.69) is 16.3 Å². The van der Waals surface area contributed by atoms with E-state index in [0.717, 1.165) is 34.6 Å². The van der Waals surface area contributed by atoms with Gasteiger partial charge in [-0.25, -0.2) is 13.4 Å². The molecule has 1 aliphatic heterocycles. The van der Waals surface area contributed by atoms with Gasteiger partial charge in [-0.3, -0.25) is 9.69 Å². The van der Waals surface area contributed by atoms with E-state index in [-0.39, 0.29) is 23.4 Å². The molecule has 1 N–H and O–H groups in total. The Hall–Kier alpha value is -2.33. The lowest BCUT2D eigenvalue weighted by atomic mass is 10.2. The van der Waals surface area contributed by atoms with E-state index < -0.39 is 10.0 Å². The maximum atomic E-state index is 12.8. The Balaban J connectivity index is 1.45. The standard InChI is InChI=1S/C23H28N4O3S2/c1-3-27(4-2)32(29,30)18-10-7-9-17(15-18)24-22(28)16-26-14-8-12-20(26)23-25-19-11-5-6-13-21(19)31-23/h5-7,9-11,13,15,20H,3-4,8,12,14,16H2,1-2H3,(H,24,28)/t20-/m1/s1. The van der Waals surface area contributed by atoms with Gasteiger partial charge >= 0.3 is 0 Å². The third-order valence-electron chi connectivity index (χ3n) is 5.77. The van der Waals surface area contributed by atoms with Crippen LogP contribution in [0.2, 0.25) is 0 Å². The van der Waals surface area contributed by atoms with Gasteiger partial charge < -0.3 is 5.32 Å². The van der Waals surface area contributed by atoms with Crippen LogP contribution in [0.5, 0.6) is 0 Å². The smallest absolute Gasteiger partial charge is 0.243 e. The van der Waals surface area contributed by atoms with E-state index >= 15 is 0 Å². The second-order valence-corrected chi connectivity index (χ2v) is 10.8. The number of nitrogens with one attached hydrogen (secondary N) is 1. The van der Waals surface area contributed by atoms with Crippen LogP contribution < -0.4 is 5.32 Å². The van der Waals surface area contributed by atoms with Gasteiger partial charge in [-0.05, 0) is 49.7 Å². The number of fused-ring (bicyclic) bond motifs is 1. The molecule has 170 valence electrons. The summed E-state index contributed by atoms with van der Waals surface area (Å²) in [6.45, 7) is 5.50. The summed E-state index contributed by atoms with van der Waals surface area (Å²) in [7, 11) is -3.57. The molecular weight excluding hydrogens is 444 g/mol. The Labute approximate surface area is 193 Å². The van der Waals surface area contributed by atoms with Gasteiger partial charge in [-0.2, -0.15) is 4.31 Å². The molecule has 1 amide bonds. The maximum absolute atomic E-state index is 12.8. The third-order valence-corrected chi connectivity index (χ3v) is 8.95. The number of carbonyl (C=O) groups is 1. The number of hydrogen-bond acceptors (Lipinski definition) is 6. The minimum absolute atomic E-state index is 0.132. The lowest BCUT2D eigenvalue weighted by molar-refractivity contribution is -0.117.